The number of nitrogens with zero attached hydrogens (tertiary/aromatic N) is 1. The summed E-state index contributed by atoms with van der Waals surface area (Å²) in [4.78, 5) is 0.591. The van der Waals surface area contributed by atoms with E-state index in [1.54, 1.807) is 24.3 Å². The molecule has 0 spiro atoms. The molecule has 0 bridgehead atoms. The summed E-state index contributed by atoms with van der Waals surface area (Å²) >= 11 is 12.5. The van der Waals surface area contributed by atoms with E-state index in [0.29, 0.717) is 21.2 Å². The number of halogens is 2. The Morgan fingerprint density at radius 3 is 2.72 bits per heavy atom. The van der Waals surface area contributed by atoms with Crippen molar-refractivity contribution in [2.45, 2.75) is 4.90 Å². The molecule has 0 amide bonds. The number of aromatic nitrogens is 1. The summed E-state index contributed by atoms with van der Waals surface area (Å²) in [7, 11) is 0. The second-order valence-electron chi connectivity index (χ2n) is 3.77. The molecule has 0 atom stereocenters. The third-order valence-electron chi connectivity index (χ3n) is 2.67. The fraction of sp³-hybridized carbons (Fsp3) is 0. The Hall–Kier alpha value is -1.23. The molecule has 0 aliphatic heterocycles. The van der Waals surface area contributed by atoms with Crippen molar-refractivity contribution in [2.24, 2.45) is 0 Å². The van der Waals surface area contributed by atoms with Gasteiger partial charge in [0.25, 0.3) is 0 Å². The first-order chi connectivity index (χ1) is 8.68. The lowest BCUT2D eigenvalue weighted by atomic mass is 10.1. The van der Waals surface area contributed by atoms with Gasteiger partial charge in [-0.15, -0.1) is 0 Å². The second kappa shape index (κ2) is 4.46. The van der Waals surface area contributed by atoms with Crippen LogP contribution in [-0.4, -0.2) is 4.37 Å². The van der Waals surface area contributed by atoms with Crippen molar-refractivity contribution in [1.82, 2.24) is 4.37 Å². The molecule has 3 aromatic rings. The SMILES string of the molecule is Fc1ccccc1-c1nsc2c(Cl)c([S])ccc12. The van der Waals surface area contributed by atoms with Gasteiger partial charge >= 0.3 is 0 Å². The van der Waals surface area contributed by atoms with Gasteiger partial charge in [-0.3, -0.25) is 0 Å². The Balaban J connectivity index is 2.32. The van der Waals surface area contributed by atoms with Crippen LogP contribution in [0.1, 0.15) is 0 Å². The summed E-state index contributed by atoms with van der Waals surface area (Å²) in [5.74, 6) is -0.289. The lowest BCUT2D eigenvalue weighted by Crippen LogP contribution is -1.83. The average Bonchev–Trinajstić information content (AvgIpc) is 2.79. The topological polar surface area (TPSA) is 12.9 Å². The van der Waals surface area contributed by atoms with E-state index >= 15 is 0 Å². The van der Waals surface area contributed by atoms with Gasteiger partial charge in [-0.2, -0.15) is 4.37 Å². The third kappa shape index (κ3) is 1.77. The Morgan fingerprint density at radius 1 is 1.17 bits per heavy atom. The van der Waals surface area contributed by atoms with Crippen molar-refractivity contribution in [3.63, 3.8) is 0 Å². The maximum Gasteiger partial charge on any atom is 0.132 e. The highest BCUT2D eigenvalue weighted by molar-refractivity contribution is 7.80. The summed E-state index contributed by atoms with van der Waals surface area (Å²) in [6, 6.07) is 10.2. The standard InChI is InChI=1S/C13H6ClFNS2/c14-11-10(17)6-5-8-12(16-18-13(8)11)7-3-1-2-4-9(7)15/h1-6H. The van der Waals surface area contributed by atoms with Gasteiger partial charge in [0.1, 0.15) is 5.82 Å². The zero-order valence-electron chi connectivity index (χ0n) is 8.98. The monoisotopic (exact) mass is 294 g/mol. The van der Waals surface area contributed by atoms with Gasteiger partial charge in [0.15, 0.2) is 0 Å². The average molecular weight is 295 g/mol. The predicted octanol–water partition coefficient (Wildman–Crippen LogP) is 5.31. The number of rotatable bonds is 1. The van der Waals surface area contributed by atoms with E-state index < -0.39 is 0 Å². The molecule has 0 aliphatic carbocycles. The van der Waals surface area contributed by atoms with Gasteiger partial charge in [-0.1, -0.05) is 36.4 Å². The first-order valence-electron chi connectivity index (χ1n) is 5.18. The van der Waals surface area contributed by atoms with E-state index in [4.69, 9.17) is 24.2 Å². The van der Waals surface area contributed by atoms with Gasteiger partial charge in [0.2, 0.25) is 0 Å². The van der Waals surface area contributed by atoms with Crippen molar-refractivity contribution < 1.29 is 4.39 Å². The minimum atomic E-state index is -0.289. The molecule has 0 fully saturated rings. The second-order valence-corrected chi connectivity index (χ2v) is 5.36. The van der Waals surface area contributed by atoms with Crippen molar-refractivity contribution in [3.05, 3.63) is 47.2 Å². The van der Waals surface area contributed by atoms with E-state index in [9.17, 15) is 4.39 Å². The largest absolute Gasteiger partial charge is 0.206 e. The summed E-state index contributed by atoms with van der Waals surface area (Å²) in [6.07, 6.45) is 0. The normalized spacial score (nSPS) is 11.0. The molecule has 1 heterocycles. The molecule has 0 N–H and O–H groups in total. The molecule has 1 aromatic heterocycles. The number of hydrogen-bond acceptors (Lipinski definition) is 2. The molecular weight excluding hydrogens is 289 g/mol. The minimum absolute atomic E-state index is 0.289. The fourth-order valence-corrected chi connectivity index (χ4v) is 3.14. The summed E-state index contributed by atoms with van der Waals surface area (Å²) in [5.41, 5.74) is 1.10. The van der Waals surface area contributed by atoms with Crippen molar-refractivity contribution in [2.75, 3.05) is 0 Å². The molecule has 18 heavy (non-hydrogen) atoms. The van der Waals surface area contributed by atoms with Crippen LogP contribution < -0.4 is 0 Å². The van der Waals surface area contributed by atoms with Crippen LogP contribution in [-0.2, 0) is 0 Å². The van der Waals surface area contributed by atoms with E-state index in [1.165, 1.54) is 17.6 Å². The Labute approximate surface area is 118 Å². The van der Waals surface area contributed by atoms with Crippen LogP contribution in [0.3, 0.4) is 0 Å². The first kappa shape index (κ1) is 11.8. The van der Waals surface area contributed by atoms with Gasteiger partial charge in [0, 0.05) is 10.9 Å². The number of hydrogen-bond donors (Lipinski definition) is 0. The van der Waals surface area contributed by atoms with Crippen LogP contribution in [0, 0.1) is 5.82 Å². The van der Waals surface area contributed by atoms with Gasteiger partial charge < -0.3 is 0 Å². The molecule has 89 valence electrons. The highest BCUT2D eigenvalue weighted by atomic mass is 35.5. The Kier molecular flexibility index (Phi) is 2.93. The van der Waals surface area contributed by atoms with Crippen molar-refractivity contribution in [1.29, 1.82) is 0 Å². The van der Waals surface area contributed by atoms with E-state index in [0.717, 1.165) is 10.1 Å². The highest BCUT2D eigenvalue weighted by Gasteiger charge is 2.15. The third-order valence-corrected chi connectivity index (χ3v) is 4.51. The number of fused-ring (bicyclic) bond motifs is 1. The number of benzene rings is 2. The van der Waals surface area contributed by atoms with Crippen molar-refractivity contribution in [3.8, 4) is 11.3 Å². The summed E-state index contributed by atoms with van der Waals surface area (Å²) in [5, 5.41) is 1.35. The lowest BCUT2D eigenvalue weighted by molar-refractivity contribution is 0.631. The molecule has 0 saturated carbocycles. The molecule has 1 nitrogen and oxygen atoms in total. The quantitative estimate of drug-likeness (QED) is 0.592. The summed E-state index contributed by atoms with van der Waals surface area (Å²) in [6.45, 7) is 0. The molecule has 1 radical (unpaired) electrons. The molecule has 3 rings (SSSR count). The molecule has 5 heteroatoms. The van der Waals surface area contributed by atoms with Crippen molar-refractivity contribution >= 4 is 45.8 Å². The molecular formula is C13H6ClFNS2. The fourth-order valence-electron chi connectivity index (χ4n) is 1.80. The lowest BCUT2D eigenvalue weighted by Gasteiger charge is -2.01. The van der Waals surface area contributed by atoms with Gasteiger partial charge in [-0.25, -0.2) is 4.39 Å². The zero-order valence-corrected chi connectivity index (χ0v) is 11.4. The van der Waals surface area contributed by atoms with Crippen LogP contribution >= 0.6 is 35.8 Å². The van der Waals surface area contributed by atoms with E-state index in [2.05, 4.69) is 4.37 Å². The Bertz CT molecular complexity index is 739. The zero-order chi connectivity index (χ0) is 12.7. The van der Waals surface area contributed by atoms with Crippen LogP contribution in [0.25, 0.3) is 21.3 Å². The van der Waals surface area contributed by atoms with Gasteiger partial charge in [0.05, 0.1) is 20.3 Å². The van der Waals surface area contributed by atoms with E-state index in [1.807, 2.05) is 6.07 Å². The van der Waals surface area contributed by atoms with Crippen LogP contribution in [0.15, 0.2) is 41.3 Å². The molecule has 0 aliphatic rings. The summed E-state index contributed by atoms with van der Waals surface area (Å²) < 4.78 is 18.9. The maximum absolute atomic E-state index is 13.8. The first-order valence-corrected chi connectivity index (χ1v) is 6.74. The molecule has 0 unspecified atom stereocenters. The van der Waals surface area contributed by atoms with Crippen LogP contribution in [0.4, 0.5) is 4.39 Å². The maximum atomic E-state index is 13.8. The molecule has 2 aromatic carbocycles. The Morgan fingerprint density at radius 2 is 1.94 bits per heavy atom. The minimum Gasteiger partial charge on any atom is -0.206 e. The van der Waals surface area contributed by atoms with Crippen LogP contribution in [0.5, 0.6) is 0 Å². The predicted molar refractivity (Wildman–Crippen MR) is 75.9 cm³/mol. The highest BCUT2D eigenvalue weighted by Crippen LogP contribution is 2.38. The smallest absolute Gasteiger partial charge is 0.132 e. The van der Waals surface area contributed by atoms with Crippen LogP contribution in [0.2, 0.25) is 5.02 Å². The molecule has 0 saturated heterocycles. The van der Waals surface area contributed by atoms with E-state index in [-0.39, 0.29) is 5.82 Å². The van der Waals surface area contributed by atoms with Gasteiger partial charge in [-0.05, 0) is 35.8 Å².